The van der Waals surface area contributed by atoms with Crippen LogP contribution in [0.4, 0.5) is 0 Å². The van der Waals surface area contributed by atoms with E-state index in [-0.39, 0.29) is 6.61 Å². The Bertz CT molecular complexity index is 371. The molecule has 0 atom stereocenters. The van der Waals surface area contributed by atoms with Gasteiger partial charge in [-0.25, -0.2) is 0 Å². The number of rotatable bonds is 3. The maximum atomic E-state index is 9.05. The van der Waals surface area contributed by atoms with Gasteiger partial charge in [0.2, 0.25) is 0 Å². The van der Waals surface area contributed by atoms with Crippen LogP contribution in [0.3, 0.4) is 0 Å². The van der Waals surface area contributed by atoms with Crippen molar-refractivity contribution in [3.05, 3.63) is 47.4 Å². The minimum atomic E-state index is 0.0366. The molecular weight excluding hydrogens is 172 g/mol. The van der Waals surface area contributed by atoms with Gasteiger partial charge in [-0.2, -0.15) is 0 Å². The molecule has 0 heterocycles. The van der Waals surface area contributed by atoms with E-state index in [4.69, 9.17) is 11.5 Å². The average Bonchev–Trinajstić information content (AvgIpc) is 2.26. The van der Waals surface area contributed by atoms with E-state index in [2.05, 4.69) is 12.5 Å². The number of terminal acetylenes is 1. The maximum absolute atomic E-state index is 9.05. The number of hydrogen-bond donors (Lipinski definition) is 1. The first-order chi connectivity index (χ1) is 6.74. The highest BCUT2D eigenvalue weighted by molar-refractivity contribution is 5.64. The van der Waals surface area contributed by atoms with Gasteiger partial charge in [-0.1, -0.05) is 37.6 Å². The van der Waals surface area contributed by atoms with Gasteiger partial charge >= 0.3 is 0 Å². The topological polar surface area (TPSA) is 20.2 Å². The predicted molar refractivity (Wildman–Crippen MR) is 59.6 cm³/mol. The molecule has 0 aliphatic carbocycles. The van der Waals surface area contributed by atoms with Gasteiger partial charge in [0.1, 0.15) is 0 Å². The molecule has 1 nitrogen and oxygen atoms in total. The van der Waals surface area contributed by atoms with Crippen LogP contribution >= 0.6 is 0 Å². The van der Waals surface area contributed by atoms with Crippen molar-refractivity contribution in [3.8, 4) is 12.3 Å². The lowest BCUT2D eigenvalue weighted by Gasteiger charge is -2.12. The van der Waals surface area contributed by atoms with Crippen molar-refractivity contribution in [3.63, 3.8) is 0 Å². The van der Waals surface area contributed by atoms with Gasteiger partial charge in [-0.3, -0.25) is 0 Å². The van der Waals surface area contributed by atoms with Crippen LogP contribution in [0.2, 0.25) is 0 Å². The molecule has 0 aliphatic heterocycles. The highest BCUT2D eigenvalue weighted by Gasteiger charge is 2.10. The monoisotopic (exact) mass is 185 g/mol. The van der Waals surface area contributed by atoms with Crippen LogP contribution in [0.5, 0.6) is 0 Å². The van der Waals surface area contributed by atoms with Crippen LogP contribution in [0.1, 0.15) is 23.6 Å². The van der Waals surface area contributed by atoms with Crippen molar-refractivity contribution in [2.45, 2.75) is 6.92 Å². The Balaban J connectivity index is 3.30. The first-order valence-electron chi connectivity index (χ1n) is 4.40. The van der Waals surface area contributed by atoms with E-state index < -0.39 is 0 Å². The zero-order chi connectivity index (χ0) is 10.6. The van der Waals surface area contributed by atoms with Gasteiger partial charge in [-0.15, -0.1) is 6.42 Å². The largest absolute Gasteiger partial charge is 0.395 e. The Labute approximate surface area is 85.1 Å². The fourth-order valence-corrected chi connectivity index (χ4v) is 1.37. The van der Waals surface area contributed by atoms with Crippen molar-refractivity contribution in [1.82, 2.24) is 0 Å². The third-order valence-electron chi connectivity index (χ3n) is 2.16. The van der Waals surface area contributed by atoms with Gasteiger partial charge in [0.05, 0.1) is 6.61 Å². The third kappa shape index (κ3) is 1.86. The lowest BCUT2D eigenvalue weighted by atomic mass is 9.93. The molecule has 0 aliphatic rings. The first kappa shape index (κ1) is 10.6. The SMILES string of the molecule is C#Cc1cccc([C](C)CO)c1C=C. The number of benzene rings is 1. The molecule has 1 aromatic carbocycles. The van der Waals surface area contributed by atoms with Crippen LogP contribution in [0.25, 0.3) is 6.08 Å². The normalized spacial score (nSPS) is 9.86. The van der Waals surface area contributed by atoms with Crippen LogP contribution in [0, 0.1) is 18.3 Å². The number of aliphatic hydroxyl groups is 1. The van der Waals surface area contributed by atoms with E-state index in [9.17, 15) is 0 Å². The summed E-state index contributed by atoms with van der Waals surface area (Å²) in [6.07, 6.45) is 7.09. The van der Waals surface area contributed by atoms with Crippen molar-refractivity contribution >= 4 is 6.08 Å². The molecule has 0 spiro atoms. The quantitative estimate of drug-likeness (QED) is 0.716. The minimum absolute atomic E-state index is 0.0366. The fourth-order valence-electron chi connectivity index (χ4n) is 1.37. The van der Waals surface area contributed by atoms with E-state index in [1.807, 2.05) is 25.1 Å². The second-order valence-corrected chi connectivity index (χ2v) is 3.05. The molecule has 1 aromatic rings. The van der Waals surface area contributed by atoms with Gasteiger partial charge in [0.25, 0.3) is 0 Å². The second-order valence-electron chi connectivity index (χ2n) is 3.05. The van der Waals surface area contributed by atoms with Crippen molar-refractivity contribution in [2.75, 3.05) is 6.61 Å². The first-order valence-corrected chi connectivity index (χ1v) is 4.40. The third-order valence-corrected chi connectivity index (χ3v) is 2.16. The van der Waals surface area contributed by atoms with Crippen LogP contribution < -0.4 is 0 Å². The molecular formula is C13H13O. The molecule has 0 saturated carbocycles. The second kappa shape index (κ2) is 4.64. The van der Waals surface area contributed by atoms with Gasteiger partial charge in [0.15, 0.2) is 0 Å². The molecule has 1 N–H and O–H groups in total. The zero-order valence-corrected chi connectivity index (χ0v) is 8.25. The Morgan fingerprint density at radius 2 is 2.36 bits per heavy atom. The Kier molecular flexibility index (Phi) is 3.50. The summed E-state index contributed by atoms with van der Waals surface area (Å²) < 4.78 is 0. The molecule has 0 saturated heterocycles. The van der Waals surface area contributed by atoms with E-state index in [1.165, 1.54) is 0 Å². The molecule has 0 bridgehead atoms. The predicted octanol–water partition coefficient (Wildman–Crippen LogP) is 2.25. The fraction of sp³-hybridized carbons (Fsp3) is 0.154. The van der Waals surface area contributed by atoms with Gasteiger partial charge in [-0.05, 0) is 17.2 Å². The number of aliphatic hydroxyl groups excluding tert-OH is 1. The summed E-state index contributed by atoms with van der Waals surface area (Å²) >= 11 is 0. The summed E-state index contributed by atoms with van der Waals surface area (Å²) in [6, 6.07) is 5.69. The molecule has 0 amide bonds. The minimum Gasteiger partial charge on any atom is -0.395 e. The Morgan fingerprint density at radius 1 is 1.64 bits per heavy atom. The average molecular weight is 185 g/mol. The Morgan fingerprint density at radius 3 is 2.86 bits per heavy atom. The molecule has 71 valence electrons. The summed E-state index contributed by atoms with van der Waals surface area (Å²) in [5.74, 6) is 3.50. The lowest BCUT2D eigenvalue weighted by molar-refractivity contribution is 0.315. The molecule has 0 unspecified atom stereocenters. The van der Waals surface area contributed by atoms with Crippen molar-refractivity contribution in [2.24, 2.45) is 0 Å². The van der Waals surface area contributed by atoms with Crippen LogP contribution in [-0.4, -0.2) is 11.7 Å². The van der Waals surface area contributed by atoms with E-state index in [0.717, 1.165) is 22.6 Å². The molecule has 1 rings (SSSR count). The highest BCUT2D eigenvalue weighted by Crippen LogP contribution is 2.22. The molecule has 1 heteroatoms. The van der Waals surface area contributed by atoms with E-state index in [1.54, 1.807) is 6.08 Å². The summed E-state index contributed by atoms with van der Waals surface area (Å²) in [5, 5.41) is 9.05. The van der Waals surface area contributed by atoms with Crippen LogP contribution in [0.15, 0.2) is 24.8 Å². The van der Waals surface area contributed by atoms with E-state index in [0.29, 0.717) is 0 Å². The van der Waals surface area contributed by atoms with Crippen molar-refractivity contribution < 1.29 is 5.11 Å². The molecule has 0 aromatic heterocycles. The number of hydrogen-bond acceptors (Lipinski definition) is 1. The van der Waals surface area contributed by atoms with Crippen molar-refractivity contribution in [1.29, 1.82) is 0 Å². The standard InChI is InChI=1S/C13H13O/c1-4-11-7-6-8-13(10(3)9-14)12(11)5-2/h1,5-8,14H,2,9H2,3H3. The Hall–Kier alpha value is -1.52. The molecule has 0 fully saturated rings. The van der Waals surface area contributed by atoms with E-state index >= 15 is 0 Å². The van der Waals surface area contributed by atoms with Gasteiger partial charge < -0.3 is 5.11 Å². The summed E-state index contributed by atoms with van der Waals surface area (Å²) in [6.45, 7) is 5.64. The molecule has 1 radical (unpaired) electrons. The zero-order valence-electron chi connectivity index (χ0n) is 8.25. The highest BCUT2D eigenvalue weighted by atomic mass is 16.3. The summed E-state index contributed by atoms with van der Waals surface area (Å²) in [7, 11) is 0. The van der Waals surface area contributed by atoms with Crippen LogP contribution in [-0.2, 0) is 0 Å². The maximum Gasteiger partial charge on any atom is 0.0534 e. The summed E-state index contributed by atoms with van der Waals surface area (Å²) in [4.78, 5) is 0. The van der Waals surface area contributed by atoms with Gasteiger partial charge in [0, 0.05) is 11.5 Å². The summed E-state index contributed by atoms with van der Waals surface area (Å²) in [5.41, 5.74) is 2.70. The lowest BCUT2D eigenvalue weighted by Crippen LogP contribution is -2.03. The molecule has 14 heavy (non-hydrogen) atoms. The smallest absolute Gasteiger partial charge is 0.0534 e.